The van der Waals surface area contributed by atoms with Gasteiger partial charge in [-0.25, -0.2) is 9.18 Å². The van der Waals surface area contributed by atoms with Crippen LogP contribution in [-0.2, 0) is 4.74 Å². The quantitative estimate of drug-likeness (QED) is 0.787. The molecule has 0 atom stereocenters. The average Bonchev–Trinajstić information content (AvgIpc) is 2.38. The van der Waals surface area contributed by atoms with Crippen molar-refractivity contribution in [3.8, 4) is 11.1 Å². The maximum atomic E-state index is 13.8. The van der Waals surface area contributed by atoms with Crippen LogP contribution in [-0.4, -0.2) is 18.1 Å². The molecule has 6 heteroatoms. The first kappa shape index (κ1) is 13.8. The summed E-state index contributed by atoms with van der Waals surface area (Å²) in [5.41, 5.74) is 0.299. The van der Waals surface area contributed by atoms with Crippen molar-refractivity contribution < 1.29 is 13.9 Å². The molecule has 0 amide bonds. The van der Waals surface area contributed by atoms with Crippen LogP contribution >= 0.6 is 23.2 Å². The monoisotopic (exact) mass is 299 g/mol. The molecule has 0 fully saturated rings. The summed E-state index contributed by atoms with van der Waals surface area (Å²) < 4.78 is 18.4. The molecule has 0 spiro atoms. The second-order valence-corrected chi connectivity index (χ2v) is 4.45. The normalized spacial score (nSPS) is 10.3. The largest absolute Gasteiger partial charge is 0.465 e. The van der Waals surface area contributed by atoms with E-state index < -0.39 is 11.8 Å². The Hall–Kier alpha value is -1.65. The van der Waals surface area contributed by atoms with Gasteiger partial charge in [0.25, 0.3) is 0 Å². The number of benzene rings is 1. The number of halogens is 3. The lowest BCUT2D eigenvalue weighted by Gasteiger charge is -2.11. The number of hydrogen-bond acceptors (Lipinski definition) is 3. The van der Waals surface area contributed by atoms with Crippen LogP contribution in [0.5, 0.6) is 0 Å². The van der Waals surface area contributed by atoms with E-state index in [0.717, 1.165) is 6.20 Å². The van der Waals surface area contributed by atoms with E-state index in [1.807, 2.05) is 0 Å². The number of carbonyl (C=O) groups is 1. The summed E-state index contributed by atoms with van der Waals surface area (Å²) in [5, 5.41) is 0.593. The molecule has 0 aliphatic heterocycles. The molecule has 1 aromatic heterocycles. The van der Waals surface area contributed by atoms with Crippen LogP contribution in [0.3, 0.4) is 0 Å². The number of nitrogens with zero attached hydrogens (tertiary/aromatic N) is 1. The van der Waals surface area contributed by atoms with Crippen LogP contribution in [0.4, 0.5) is 4.39 Å². The molecule has 2 rings (SSSR count). The molecule has 0 N–H and O–H groups in total. The topological polar surface area (TPSA) is 39.2 Å². The Labute approximate surface area is 118 Å². The molecule has 0 saturated carbocycles. The summed E-state index contributed by atoms with van der Waals surface area (Å²) >= 11 is 12.1. The van der Waals surface area contributed by atoms with Crippen molar-refractivity contribution in [2.24, 2.45) is 0 Å². The Morgan fingerprint density at radius 2 is 1.89 bits per heavy atom. The number of esters is 1. The van der Waals surface area contributed by atoms with E-state index in [1.54, 1.807) is 18.2 Å². The summed E-state index contributed by atoms with van der Waals surface area (Å²) in [5.74, 6) is -1.61. The summed E-state index contributed by atoms with van der Waals surface area (Å²) in [4.78, 5) is 15.4. The summed E-state index contributed by atoms with van der Waals surface area (Å²) in [6.07, 6.45) is 2.25. The third-order valence-corrected chi connectivity index (χ3v) is 3.15. The fourth-order valence-corrected chi connectivity index (χ4v) is 2.29. The highest BCUT2D eigenvalue weighted by Crippen LogP contribution is 2.36. The fourth-order valence-electron chi connectivity index (χ4n) is 1.69. The molecule has 3 nitrogen and oxygen atoms in total. The number of ether oxygens (including phenoxy) is 1. The van der Waals surface area contributed by atoms with Gasteiger partial charge in [0.05, 0.1) is 13.3 Å². The van der Waals surface area contributed by atoms with Gasteiger partial charge in [0.15, 0.2) is 5.82 Å². The van der Waals surface area contributed by atoms with Crippen LogP contribution in [0, 0.1) is 5.82 Å². The molecular formula is C13H8Cl2FNO2. The third kappa shape index (κ3) is 2.55. The number of aromatic nitrogens is 1. The molecule has 1 heterocycles. The minimum absolute atomic E-state index is 0.197. The van der Waals surface area contributed by atoms with Crippen LogP contribution in [0.15, 0.2) is 30.6 Å². The number of pyridine rings is 1. The van der Waals surface area contributed by atoms with Gasteiger partial charge in [-0.3, -0.25) is 4.98 Å². The van der Waals surface area contributed by atoms with Crippen molar-refractivity contribution in [3.63, 3.8) is 0 Å². The zero-order chi connectivity index (χ0) is 14.0. The third-order valence-electron chi connectivity index (χ3n) is 2.52. The first-order valence-electron chi connectivity index (χ1n) is 5.22. The molecule has 1 aromatic carbocycles. The fraction of sp³-hybridized carbons (Fsp3) is 0.0769. The predicted octanol–water partition coefficient (Wildman–Crippen LogP) is 3.98. The van der Waals surface area contributed by atoms with Crippen molar-refractivity contribution in [2.75, 3.05) is 7.11 Å². The molecule has 0 aliphatic rings. The summed E-state index contributed by atoms with van der Waals surface area (Å²) in [6, 6.07) is 4.84. The molecule has 2 aromatic rings. The Morgan fingerprint density at radius 3 is 2.47 bits per heavy atom. The van der Waals surface area contributed by atoms with Gasteiger partial charge in [-0.1, -0.05) is 29.3 Å². The van der Waals surface area contributed by atoms with E-state index in [0.29, 0.717) is 15.6 Å². The van der Waals surface area contributed by atoms with Crippen molar-refractivity contribution in [2.45, 2.75) is 0 Å². The SMILES string of the molecule is COC(=O)c1c(F)cncc1-c1c(Cl)cccc1Cl. The van der Waals surface area contributed by atoms with Gasteiger partial charge < -0.3 is 4.74 Å². The van der Waals surface area contributed by atoms with Crippen LogP contribution in [0.2, 0.25) is 10.0 Å². The first-order chi connectivity index (χ1) is 9.06. The molecule has 0 unspecified atom stereocenters. The number of rotatable bonds is 2. The van der Waals surface area contributed by atoms with Gasteiger partial charge in [0, 0.05) is 27.4 Å². The lowest BCUT2D eigenvalue weighted by molar-refractivity contribution is 0.0596. The second-order valence-electron chi connectivity index (χ2n) is 3.63. The van der Waals surface area contributed by atoms with Crippen molar-refractivity contribution in [3.05, 3.63) is 52.0 Å². The Balaban J connectivity index is 2.76. The van der Waals surface area contributed by atoms with E-state index in [2.05, 4.69) is 9.72 Å². The van der Waals surface area contributed by atoms with Crippen molar-refractivity contribution in [1.29, 1.82) is 0 Å². The molecule has 98 valence electrons. The number of hydrogen-bond donors (Lipinski definition) is 0. The van der Waals surface area contributed by atoms with Gasteiger partial charge in [-0.05, 0) is 12.1 Å². The standard InChI is InChI=1S/C13H8Cl2FNO2/c1-19-13(18)12-7(5-17-6-10(12)16)11-8(14)3-2-4-9(11)15/h2-6H,1H3. The molecule has 19 heavy (non-hydrogen) atoms. The molecular weight excluding hydrogens is 292 g/mol. The summed E-state index contributed by atoms with van der Waals surface area (Å²) in [7, 11) is 1.17. The number of methoxy groups -OCH3 is 1. The minimum Gasteiger partial charge on any atom is -0.465 e. The van der Waals surface area contributed by atoms with E-state index in [-0.39, 0.29) is 11.1 Å². The number of carbonyl (C=O) groups excluding carboxylic acids is 1. The van der Waals surface area contributed by atoms with Crippen LogP contribution in [0.25, 0.3) is 11.1 Å². The molecule has 0 radical (unpaired) electrons. The van der Waals surface area contributed by atoms with Crippen molar-refractivity contribution in [1.82, 2.24) is 4.98 Å². The second kappa shape index (κ2) is 5.55. The molecule has 0 saturated heterocycles. The zero-order valence-corrected chi connectivity index (χ0v) is 11.3. The first-order valence-corrected chi connectivity index (χ1v) is 5.98. The maximum absolute atomic E-state index is 13.8. The van der Waals surface area contributed by atoms with E-state index >= 15 is 0 Å². The maximum Gasteiger partial charge on any atom is 0.341 e. The minimum atomic E-state index is -0.814. The van der Waals surface area contributed by atoms with E-state index in [9.17, 15) is 9.18 Å². The van der Waals surface area contributed by atoms with E-state index in [4.69, 9.17) is 23.2 Å². The highest BCUT2D eigenvalue weighted by Gasteiger charge is 2.22. The van der Waals surface area contributed by atoms with Crippen LogP contribution < -0.4 is 0 Å². The van der Waals surface area contributed by atoms with Gasteiger partial charge in [-0.2, -0.15) is 0 Å². The highest BCUT2D eigenvalue weighted by molar-refractivity contribution is 6.39. The van der Waals surface area contributed by atoms with Gasteiger partial charge >= 0.3 is 5.97 Å². The molecule has 0 bridgehead atoms. The Kier molecular flexibility index (Phi) is 4.02. The van der Waals surface area contributed by atoms with Crippen molar-refractivity contribution >= 4 is 29.2 Å². The van der Waals surface area contributed by atoms with Gasteiger partial charge in [-0.15, -0.1) is 0 Å². The Morgan fingerprint density at radius 1 is 1.26 bits per heavy atom. The Bertz CT molecular complexity index is 626. The smallest absolute Gasteiger partial charge is 0.341 e. The van der Waals surface area contributed by atoms with Crippen LogP contribution in [0.1, 0.15) is 10.4 Å². The lowest BCUT2D eigenvalue weighted by atomic mass is 10.0. The van der Waals surface area contributed by atoms with Gasteiger partial charge in [0.2, 0.25) is 0 Å². The lowest BCUT2D eigenvalue weighted by Crippen LogP contribution is -2.07. The highest BCUT2D eigenvalue weighted by atomic mass is 35.5. The zero-order valence-electron chi connectivity index (χ0n) is 9.78. The van der Waals surface area contributed by atoms with Gasteiger partial charge in [0.1, 0.15) is 5.56 Å². The molecule has 0 aliphatic carbocycles. The van der Waals surface area contributed by atoms with E-state index in [1.165, 1.54) is 13.3 Å². The average molecular weight is 300 g/mol. The summed E-state index contributed by atoms with van der Waals surface area (Å²) in [6.45, 7) is 0. The predicted molar refractivity (Wildman–Crippen MR) is 71.0 cm³/mol.